The third-order valence-electron chi connectivity index (χ3n) is 4.39. The summed E-state index contributed by atoms with van der Waals surface area (Å²) in [4.78, 5) is 12.3. The van der Waals surface area contributed by atoms with E-state index in [2.05, 4.69) is 10.4 Å². The molecule has 0 bridgehead atoms. The molecule has 1 N–H and O–H groups in total. The van der Waals surface area contributed by atoms with E-state index >= 15 is 0 Å². The van der Waals surface area contributed by atoms with Gasteiger partial charge in [0.25, 0.3) is 0 Å². The van der Waals surface area contributed by atoms with Crippen LogP contribution in [0.2, 0.25) is 0 Å². The first-order valence-electron chi connectivity index (χ1n) is 7.93. The maximum atomic E-state index is 13.2. The summed E-state index contributed by atoms with van der Waals surface area (Å²) < 4.78 is 20.1. The zero-order valence-corrected chi connectivity index (χ0v) is 13.6. The molecule has 1 aromatic heterocycles. The molecule has 5 nitrogen and oxygen atoms in total. The van der Waals surface area contributed by atoms with Crippen molar-refractivity contribution in [2.24, 2.45) is 0 Å². The fourth-order valence-electron chi connectivity index (χ4n) is 3.15. The number of fused-ring (bicyclic) bond motifs is 1. The van der Waals surface area contributed by atoms with Gasteiger partial charge < -0.3 is 10.1 Å². The number of ether oxygens (including phenoxy) is 1. The lowest BCUT2D eigenvalue weighted by atomic mass is 9.87. The number of halogens is 1. The van der Waals surface area contributed by atoms with Gasteiger partial charge in [0.05, 0.1) is 19.0 Å². The van der Waals surface area contributed by atoms with E-state index in [-0.39, 0.29) is 17.6 Å². The quantitative estimate of drug-likeness (QED) is 0.796. The third-order valence-corrected chi connectivity index (χ3v) is 4.39. The lowest BCUT2D eigenvalue weighted by molar-refractivity contribution is -0.116. The van der Waals surface area contributed by atoms with Crippen LogP contribution in [-0.2, 0) is 4.79 Å². The first kappa shape index (κ1) is 15.4. The van der Waals surface area contributed by atoms with E-state index in [4.69, 9.17) is 4.74 Å². The highest BCUT2D eigenvalue weighted by Crippen LogP contribution is 2.38. The average Bonchev–Trinajstić information content (AvgIpc) is 3.05. The largest absolute Gasteiger partial charge is 0.497 e. The van der Waals surface area contributed by atoms with Gasteiger partial charge in [-0.15, -0.1) is 0 Å². The number of aromatic nitrogens is 2. The van der Waals surface area contributed by atoms with Gasteiger partial charge in [0.2, 0.25) is 5.91 Å². The van der Waals surface area contributed by atoms with Gasteiger partial charge >= 0.3 is 0 Å². The zero-order chi connectivity index (χ0) is 17.4. The van der Waals surface area contributed by atoms with Crippen molar-refractivity contribution in [1.82, 2.24) is 9.78 Å². The smallest absolute Gasteiger partial charge is 0.226 e. The van der Waals surface area contributed by atoms with Crippen molar-refractivity contribution in [3.8, 4) is 11.4 Å². The number of rotatable bonds is 3. The minimum atomic E-state index is -0.317. The molecule has 0 radical (unpaired) electrons. The molecule has 1 amide bonds. The highest BCUT2D eigenvalue weighted by molar-refractivity contribution is 5.94. The number of methoxy groups -OCH3 is 1. The van der Waals surface area contributed by atoms with Crippen molar-refractivity contribution in [2.45, 2.75) is 12.3 Å². The lowest BCUT2D eigenvalue weighted by Gasteiger charge is -2.24. The number of nitrogens with zero attached hydrogens (tertiary/aromatic N) is 2. The monoisotopic (exact) mass is 337 g/mol. The summed E-state index contributed by atoms with van der Waals surface area (Å²) in [5.74, 6) is 0.868. The SMILES string of the molecule is COc1cccc(C2CC(=O)Nc3c2cnn3-c2ccc(F)cc2)c1. The second-order valence-electron chi connectivity index (χ2n) is 5.92. The van der Waals surface area contributed by atoms with Crippen molar-refractivity contribution < 1.29 is 13.9 Å². The highest BCUT2D eigenvalue weighted by atomic mass is 19.1. The summed E-state index contributed by atoms with van der Waals surface area (Å²) in [6.07, 6.45) is 2.09. The molecule has 1 atom stereocenters. The molecule has 25 heavy (non-hydrogen) atoms. The van der Waals surface area contributed by atoms with E-state index in [9.17, 15) is 9.18 Å². The molecule has 0 saturated carbocycles. The normalized spacial score (nSPS) is 16.2. The average molecular weight is 337 g/mol. The van der Waals surface area contributed by atoms with E-state index in [1.807, 2.05) is 24.3 Å². The molecule has 126 valence electrons. The Morgan fingerprint density at radius 1 is 1.24 bits per heavy atom. The number of nitrogens with one attached hydrogen (secondary N) is 1. The van der Waals surface area contributed by atoms with Crippen LogP contribution < -0.4 is 10.1 Å². The molecule has 4 rings (SSSR count). The van der Waals surface area contributed by atoms with E-state index in [1.165, 1.54) is 12.1 Å². The van der Waals surface area contributed by atoms with Crippen molar-refractivity contribution >= 4 is 11.7 Å². The van der Waals surface area contributed by atoms with Gasteiger partial charge in [-0.3, -0.25) is 4.79 Å². The maximum absolute atomic E-state index is 13.2. The Labute approximate surface area is 144 Å². The second-order valence-corrected chi connectivity index (χ2v) is 5.92. The minimum absolute atomic E-state index is 0.0795. The van der Waals surface area contributed by atoms with Crippen LogP contribution in [0.5, 0.6) is 5.75 Å². The summed E-state index contributed by atoms with van der Waals surface area (Å²) >= 11 is 0. The van der Waals surface area contributed by atoms with Crippen molar-refractivity contribution in [3.63, 3.8) is 0 Å². The second kappa shape index (κ2) is 6.05. The topological polar surface area (TPSA) is 56.1 Å². The molecule has 6 heteroatoms. The Morgan fingerprint density at radius 3 is 2.80 bits per heavy atom. The Bertz CT molecular complexity index is 934. The van der Waals surface area contributed by atoms with Crippen molar-refractivity contribution in [1.29, 1.82) is 0 Å². The highest BCUT2D eigenvalue weighted by Gasteiger charge is 2.30. The molecule has 0 fully saturated rings. The first-order chi connectivity index (χ1) is 12.2. The number of anilines is 1. The lowest BCUT2D eigenvalue weighted by Crippen LogP contribution is -2.24. The Kier molecular flexibility index (Phi) is 3.72. The number of carbonyl (C=O) groups is 1. The van der Waals surface area contributed by atoms with Crippen LogP contribution in [-0.4, -0.2) is 22.8 Å². The van der Waals surface area contributed by atoms with Gasteiger partial charge in [-0.05, 0) is 42.0 Å². The summed E-state index contributed by atoms with van der Waals surface area (Å²) in [6.45, 7) is 0. The molecule has 1 aliphatic rings. The van der Waals surface area contributed by atoms with Gasteiger partial charge in [0.1, 0.15) is 17.4 Å². The van der Waals surface area contributed by atoms with Crippen LogP contribution in [0.1, 0.15) is 23.5 Å². The van der Waals surface area contributed by atoms with Gasteiger partial charge in [0, 0.05) is 17.9 Å². The predicted octanol–water partition coefficient (Wildman–Crippen LogP) is 3.49. The van der Waals surface area contributed by atoms with Gasteiger partial charge in [-0.25, -0.2) is 9.07 Å². The first-order valence-corrected chi connectivity index (χ1v) is 7.93. The maximum Gasteiger partial charge on any atom is 0.226 e. The molecule has 1 unspecified atom stereocenters. The molecular formula is C19H16FN3O2. The van der Waals surface area contributed by atoms with Crippen LogP contribution in [0.4, 0.5) is 10.2 Å². The van der Waals surface area contributed by atoms with Crippen LogP contribution in [0.15, 0.2) is 54.7 Å². The zero-order valence-electron chi connectivity index (χ0n) is 13.6. The van der Waals surface area contributed by atoms with E-state index < -0.39 is 0 Å². The number of benzene rings is 2. The fourth-order valence-corrected chi connectivity index (χ4v) is 3.15. The molecule has 2 heterocycles. The molecule has 0 aliphatic carbocycles. The van der Waals surface area contributed by atoms with Gasteiger partial charge in [0.15, 0.2) is 0 Å². The molecule has 3 aromatic rings. The molecule has 0 saturated heterocycles. The fraction of sp³-hybridized carbons (Fsp3) is 0.158. The van der Waals surface area contributed by atoms with Gasteiger partial charge in [-0.1, -0.05) is 12.1 Å². The standard InChI is InChI=1S/C19H16FN3O2/c1-25-15-4-2-3-12(9-15)16-10-18(24)22-19-17(16)11-21-23(19)14-7-5-13(20)6-8-14/h2-9,11,16H,10H2,1H3,(H,22,24). The summed E-state index contributed by atoms with van der Waals surface area (Å²) in [6, 6.07) is 13.7. The molecule has 0 spiro atoms. The van der Waals surface area contributed by atoms with Crippen LogP contribution in [0.3, 0.4) is 0 Å². The number of hydrogen-bond donors (Lipinski definition) is 1. The van der Waals surface area contributed by atoms with E-state index in [0.717, 1.165) is 16.9 Å². The Balaban J connectivity index is 1.79. The van der Waals surface area contributed by atoms with E-state index in [1.54, 1.807) is 30.1 Å². The summed E-state index contributed by atoms with van der Waals surface area (Å²) in [5, 5.41) is 7.29. The molecular weight excluding hydrogens is 321 g/mol. The molecule has 1 aliphatic heterocycles. The third kappa shape index (κ3) is 2.76. The molecule has 2 aromatic carbocycles. The van der Waals surface area contributed by atoms with Crippen LogP contribution in [0, 0.1) is 5.82 Å². The van der Waals surface area contributed by atoms with Crippen LogP contribution >= 0.6 is 0 Å². The number of amides is 1. The minimum Gasteiger partial charge on any atom is -0.497 e. The van der Waals surface area contributed by atoms with Crippen LogP contribution in [0.25, 0.3) is 5.69 Å². The number of hydrogen-bond acceptors (Lipinski definition) is 3. The summed E-state index contributed by atoms with van der Waals surface area (Å²) in [7, 11) is 1.62. The Hall–Kier alpha value is -3.15. The number of carbonyl (C=O) groups excluding carboxylic acids is 1. The Morgan fingerprint density at radius 2 is 2.04 bits per heavy atom. The van der Waals surface area contributed by atoms with Crippen molar-refractivity contribution in [3.05, 3.63) is 71.7 Å². The van der Waals surface area contributed by atoms with Crippen molar-refractivity contribution in [2.75, 3.05) is 12.4 Å². The van der Waals surface area contributed by atoms with Gasteiger partial charge in [-0.2, -0.15) is 5.10 Å². The summed E-state index contributed by atoms with van der Waals surface area (Å²) in [5.41, 5.74) is 2.61. The predicted molar refractivity (Wildman–Crippen MR) is 91.6 cm³/mol. The van der Waals surface area contributed by atoms with E-state index in [0.29, 0.717) is 17.9 Å².